The third-order valence-electron chi connectivity index (χ3n) is 2.85. The molecule has 128 valence electrons. The second-order valence-electron chi connectivity index (χ2n) is 6.00. The predicted molar refractivity (Wildman–Crippen MR) is 87.3 cm³/mol. The van der Waals surface area contributed by atoms with Crippen molar-refractivity contribution in [2.24, 2.45) is 0 Å². The molecule has 0 spiro atoms. The van der Waals surface area contributed by atoms with Crippen molar-refractivity contribution in [3.05, 3.63) is 29.8 Å². The van der Waals surface area contributed by atoms with Gasteiger partial charge in [0.05, 0.1) is 15.5 Å². The van der Waals surface area contributed by atoms with Crippen LogP contribution in [0.1, 0.15) is 26.3 Å². The van der Waals surface area contributed by atoms with E-state index in [0.717, 1.165) is 5.56 Å². The molecule has 0 heterocycles. The van der Waals surface area contributed by atoms with Crippen LogP contribution in [0.5, 0.6) is 5.75 Å². The molecule has 0 aromatic heterocycles. The molecule has 23 heavy (non-hydrogen) atoms. The minimum atomic E-state index is -1.75. The molecule has 3 atom stereocenters. The van der Waals surface area contributed by atoms with E-state index in [9.17, 15) is 14.7 Å². The number of ether oxygens (including phenoxy) is 1. The molecule has 7 nitrogen and oxygen atoms in total. The van der Waals surface area contributed by atoms with Gasteiger partial charge in [0.25, 0.3) is 0 Å². The van der Waals surface area contributed by atoms with E-state index in [0.29, 0.717) is 5.75 Å². The first-order valence-electron chi connectivity index (χ1n) is 6.98. The SMILES string of the molecule is CC(C)(C)OC(=O)N[C@H](Cc1ccc(OP)cc1)C(O)C(=O)O. The molecule has 0 saturated carbocycles. The predicted octanol–water partition coefficient (Wildman–Crippen LogP) is 1.74. The summed E-state index contributed by atoms with van der Waals surface area (Å²) in [6, 6.07) is 5.81. The van der Waals surface area contributed by atoms with Crippen LogP contribution in [0, 0.1) is 0 Å². The van der Waals surface area contributed by atoms with Crippen LogP contribution in [-0.2, 0) is 16.0 Å². The summed E-state index contributed by atoms with van der Waals surface area (Å²) in [5.41, 5.74) is 0.0118. The zero-order valence-corrected chi connectivity index (χ0v) is 14.4. The highest BCUT2D eigenvalue weighted by Gasteiger charge is 2.29. The monoisotopic (exact) mass is 343 g/mol. The standard InChI is InChI=1S/C15H22NO6P/c1-15(2,3)21-14(20)16-11(12(17)13(18)19)8-9-4-6-10(22-23)7-5-9/h4-7,11-12,17H,8,23H2,1-3H3,(H,16,20)(H,18,19)/t11-,12?/m1/s1. The second kappa shape index (κ2) is 8.13. The van der Waals surface area contributed by atoms with Gasteiger partial charge in [0, 0.05) is 0 Å². The quantitative estimate of drug-likeness (QED) is 0.680. The van der Waals surface area contributed by atoms with E-state index in [2.05, 4.69) is 14.8 Å². The largest absolute Gasteiger partial charge is 0.480 e. The van der Waals surface area contributed by atoms with Gasteiger partial charge < -0.3 is 24.8 Å². The summed E-state index contributed by atoms with van der Waals surface area (Å²) in [4.78, 5) is 22.9. The molecular formula is C15H22NO6P. The Morgan fingerprint density at radius 1 is 1.26 bits per heavy atom. The number of nitrogens with one attached hydrogen (secondary N) is 1. The molecule has 0 bridgehead atoms. The normalized spacial score (nSPS) is 13.8. The highest BCUT2D eigenvalue weighted by molar-refractivity contribution is 7.10. The van der Waals surface area contributed by atoms with Crippen LogP contribution in [-0.4, -0.2) is 40.0 Å². The topological polar surface area (TPSA) is 105 Å². The molecule has 0 aliphatic heterocycles. The Labute approximate surface area is 137 Å². The van der Waals surface area contributed by atoms with Crippen molar-refractivity contribution in [1.29, 1.82) is 0 Å². The van der Waals surface area contributed by atoms with Gasteiger partial charge in [-0.1, -0.05) is 12.1 Å². The zero-order chi connectivity index (χ0) is 17.6. The van der Waals surface area contributed by atoms with Gasteiger partial charge in [0.1, 0.15) is 11.4 Å². The number of aliphatic hydroxyl groups excluding tert-OH is 1. The molecule has 0 fully saturated rings. The lowest BCUT2D eigenvalue weighted by atomic mass is 10.0. The number of amides is 1. The molecule has 1 rings (SSSR count). The first-order valence-corrected chi connectivity index (χ1v) is 7.45. The summed E-state index contributed by atoms with van der Waals surface area (Å²) in [5, 5.41) is 21.2. The van der Waals surface area contributed by atoms with Crippen molar-refractivity contribution in [3.63, 3.8) is 0 Å². The zero-order valence-electron chi connectivity index (χ0n) is 13.3. The first kappa shape index (κ1) is 19.2. The van der Waals surface area contributed by atoms with Crippen molar-refractivity contribution in [3.8, 4) is 5.75 Å². The first-order chi connectivity index (χ1) is 10.6. The van der Waals surface area contributed by atoms with Gasteiger partial charge in [-0.05, 0) is 44.9 Å². The van der Waals surface area contributed by atoms with Gasteiger partial charge in [-0.15, -0.1) is 0 Å². The number of carboxylic acids is 1. The Balaban J connectivity index is 2.83. The van der Waals surface area contributed by atoms with Crippen LogP contribution in [0.2, 0.25) is 0 Å². The van der Waals surface area contributed by atoms with Crippen LogP contribution in [0.15, 0.2) is 24.3 Å². The molecular weight excluding hydrogens is 321 g/mol. The number of alkyl carbamates (subject to hydrolysis) is 1. The lowest BCUT2D eigenvalue weighted by Crippen LogP contribution is -2.49. The Morgan fingerprint density at radius 2 is 1.83 bits per heavy atom. The van der Waals surface area contributed by atoms with E-state index in [1.54, 1.807) is 45.0 Å². The van der Waals surface area contributed by atoms with Crippen LogP contribution >= 0.6 is 9.47 Å². The molecule has 0 aliphatic carbocycles. The number of hydrogen-bond acceptors (Lipinski definition) is 5. The van der Waals surface area contributed by atoms with Gasteiger partial charge in [0.2, 0.25) is 0 Å². The summed E-state index contributed by atoms with van der Waals surface area (Å²) < 4.78 is 10.1. The number of carboxylic acid groups (broad SMARTS) is 1. The highest BCUT2D eigenvalue weighted by Crippen LogP contribution is 2.16. The Bertz CT molecular complexity index is 540. The molecule has 1 amide bonds. The lowest BCUT2D eigenvalue weighted by molar-refractivity contribution is -0.148. The average molecular weight is 343 g/mol. The highest BCUT2D eigenvalue weighted by atomic mass is 31.0. The molecule has 0 saturated heterocycles. The van der Waals surface area contributed by atoms with E-state index in [1.165, 1.54) is 0 Å². The van der Waals surface area contributed by atoms with Gasteiger partial charge in [0.15, 0.2) is 6.10 Å². The summed E-state index contributed by atoms with van der Waals surface area (Å²) >= 11 is 0. The van der Waals surface area contributed by atoms with Gasteiger partial charge in [-0.25, -0.2) is 9.59 Å². The summed E-state index contributed by atoms with van der Waals surface area (Å²) in [6.07, 6.45) is -2.41. The Kier molecular flexibility index (Phi) is 6.79. The lowest BCUT2D eigenvalue weighted by Gasteiger charge is -2.25. The third kappa shape index (κ3) is 6.84. The van der Waals surface area contributed by atoms with Gasteiger partial charge in [-0.2, -0.15) is 0 Å². The average Bonchev–Trinajstić information content (AvgIpc) is 2.44. The van der Waals surface area contributed by atoms with Crippen LogP contribution < -0.4 is 9.84 Å². The number of aliphatic carboxylic acids is 1. The van der Waals surface area contributed by atoms with Crippen molar-refractivity contribution >= 4 is 21.5 Å². The summed E-state index contributed by atoms with van der Waals surface area (Å²) in [6.45, 7) is 5.07. The van der Waals surface area contributed by atoms with Gasteiger partial charge in [-0.3, -0.25) is 0 Å². The molecule has 0 radical (unpaired) electrons. The van der Waals surface area contributed by atoms with E-state index in [-0.39, 0.29) is 6.42 Å². The number of aliphatic hydroxyl groups is 1. The smallest absolute Gasteiger partial charge is 0.407 e. The number of carbonyl (C=O) groups is 2. The fraction of sp³-hybridized carbons (Fsp3) is 0.467. The maximum absolute atomic E-state index is 11.8. The summed E-state index contributed by atoms with van der Waals surface area (Å²) in [5.74, 6) is -0.801. The molecule has 1 aromatic rings. The summed E-state index contributed by atoms with van der Waals surface area (Å²) in [7, 11) is 2.12. The van der Waals surface area contributed by atoms with E-state index in [1.807, 2.05) is 0 Å². The molecule has 8 heteroatoms. The Morgan fingerprint density at radius 3 is 2.26 bits per heavy atom. The third-order valence-corrected chi connectivity index (χ3v) is 3.12. The Hall–Kier alpha value is -1.85. The van der Waals surface area contributed by atoms with Crippen molar-refractivity contribution in [1.82, 2.24) is 5.32 Å². The number of benzene rings is 1. The second-order valence-corrected chi connectivity index (χ2v) is 6.24. The van der Waals surface area contributed by atoms with Crippen molar-refractivity contribution < 1.29 is 29.1 Å². The molecule has 2 unspecified atom stereocenters. The van der Waals surface area contributed by atoms with E-state index in [4.69, 9.17) is 14.4 Å². The molecule has 0 aliphatic rings. The van der Waals surface area contributed by atoms with E-state index >= 15 is 0 Å². The fourth-order valence-corrected chi connectivity index (χ4v) is 1.99. The van der Waals surface area contributed by atoms with Crippen LogP contribution in [0.3, 0.4) is 0 Å². The minimum Gasteiger partial charge on any atom is -0.480 e. The minimum absolute atomic E-state index is 0.129. The van der Waals surface area contributed by atoms with Crippen LogP contribution in [0.4, 0.5) is 4.79 Å². The maximum Gasteiger partial charge on any atom is 0.407 e. The number of hydrogen-bond donors (Lipinski definition) is 3. The van der Waals surface area contributed by atoms with Gasteiger partial charge >= 0.3 is 12.1 Å². The number of carbonyl (C=O) groups excluding carboxylic acids is 1. The van der Waals surface area contributed by atoms with Crippen molar-refractivity contribution in [2.45, 2.75) is 44.9 Å². The molecule has 3 N–H and O–H groups in total. The number of rotatable bonds is 6. The van der Waals surface area contributed by atoms with E-state index < -0.39 is 29.8 Å². The fourth-order valence-electron chi connectivity index (χ4n) is 1.83. The van der Waals surface area contributed by atoms with Crippen LogP contribution in [0.25, 0.3) is 0 Å². The maximum atomic E-state index is 11.8. The molecule has 1 aromatic carbocycles. The van der Waals surface area contributed by atoms with Crippen molar-refractivity contribution in [2.75, 3.05) is 0 Å².